The number of hydrogen-bond donors (Lipinski definition) is 0. The monoisotopic (exact) mass is 917 g/mol. The number of nitriles is 2. The van der Waals surface area contributed by atoms with Crippen LogP contribution < -0.4 is 9.47 Å². The van der Waals surface area contributed by atoms with Gasteiger partial charge < -0.3 is 19.1 Å². The number of esters is 1. The quantitative estimate of drug-likeness (QED) is 0.116. The highest BCUT2D eigenvalue weighted by Crippen LogP contribution is 2.49. The van der Waals surface area contributed by atoms with Crippen LogP contribution in [-0.2, 0) is 20.5 Å². The number of benzene rings is 5. The van der Waals surface area contributed by atoms with Crippen LogP contribution in [0.2, 0.25) is 0 Å². The number of aromatic nitrogens is 2. The number of pyridine rings is 2. The van der Waals surface area contributed by atoms with Crippen LogP contribution in [-0.4, -0.2) is 61.2 Å². The maximum Gasteiger partial charge on any atom is 0.416 e. The molecule has 13 heteroatoms. The fourth-order valence-electron chi connectivity index (χ4n) is 9.52. The molecule has 3 heterocycles. The Balaban J connectivity index is 0.000000220. The maximum absolute atomic E-state index is 14.3. The van der Waals surface area contributed by atoms with E-state index in [0.29, 0.717) is 48.6 Å². The molecule has 346 valence electrons. The molecular weight excluding hydrogens is 868 g/mol. The van der Waals surface area contributed by atoms with Crippen LogP contribution in [0.3, 0.4) is 0 Å². The van der Waals surface area contributed by atoms with Gasteiger partial charge in [-0.25, -0.2) is 0 Å². The summed E-state index contributed by atoms with van der Waals surface area (Å²) in [6, 6.07) is 43.7. The molecule has 2 aromatic heterocycles. The number of piperidine rings is 1. The Labute approximate surface area is 393 Å². The van der Waals surface area contributed by atoms with Gasteiger partial charge in [-0.1, -0.05) is 91.0 Å². The Bertz CT molecular complexity index is 3020. The minimum atomic E-state index is -4.41. The average Bonchev–Trinajstić information content (AvgIpc) is 3.38. The molecule has 7 aromatic rings. The van der Waals surface area contributed by atoms with Crippen LogP contribution >= 0.6 is 0 Å². The van der Waals surface area contributed by atoms with E-state index in [9.17, 15) is 33.3 Å². The number of ether oxygens (including phenoxy) is 3. The van der Waals surface area contributed by atoms with Crippen molar-refractivity contribution in [1.82, 2.24) is 14.9 Å². The fourth-order valence-corrected chi connectivity index (χ4v) is 9.52. The lowest BCUT2D eigenvalue weighted by Gasteiger charge is -2.39. The molecule has 1 fully saturated rings. The van der Waals surface area contributed by atoms with Gasteiger partial charge in [-0.15, -0.1) is 0 Å². The molecule has 1 amide bonds. The summed E-state index contributed by atoms with van der Waals surface area (Å²) in [5, 5.41) is 22.4. The lowest BCUT2D eigenvalue weighted by molar-refractivity contribution is -0.149. The predicted molar refractivity (Wildman–Crippen MR) is 253 cm³/mol. The fraction of sp³-hybridized carbons (Fsp3) is 0.273. The molecule has 1 aliphatic rings. The van der Waals surface area contributed by atoms with E-state index >= 15 is 0 Å². The number of halogens is 3. The second-order valence-electron chi connectivity index (χ2n) is 17.0. The Kier molecular flexibility index (Phi) is 14.4. The number of likely N-dealkylation sites (tertiary alicyclic amines) is 1. The smallest absolute Gasteiger partial charge is 0.416 e. The number of nitrogens with zero attached hydrogens (tertiary/aromatic N) is 5. The summed E-state index contributed by atoms with van der Waals surface area (Å²) in [5.41, 5.74) is 1.58. The number of hydrogen-bond acceptors (Lipinski definition) is 9. The third kappa shape index (κ3) is 9.43. The Morgan fingerprint density at radius 3 is 1.57 bits per heavy atom. The number of alkyl halides is 3. The highest BCUT2D eigenvalue weighted by molar-refractivity contribution is 5.91. The first-order valence-electron chi connectivity index (χ1n) is 22.0. The van der Waals surface area contributed by atoms with Crippen molar-refractivity contribution in [3.05, 3.63) is 179 Å². The summed E-state index contributed by atoms with van der Waals surface area (Å²) in [4.78, 5) is 37.6. The lowest BCUT2D eigenvalue weighted by Crippen LogP contribution is -2.48. The Morgan fingerprint density at radius 1 is 0.632 bits per heavy atom. The van der Waals surface area contributed by atoms with Crippen molar-refractivity contribution < 1.29 is 37.0 Å². The van der Waals surface area contributed by atoms with Crippen molar-refractivity contribution in [3.8, 4) is 23.6 Å². The highest BCUT2D eigenvalue weighted by atomic mass is 19.4. The number of amides is 1. The van der Waals surface area contributed by atoms with Crippen molar-refractivity contribution in [2.75, 3.05) is 34.4 Å². The normalized spacial score (nSPS) is 15.5. The lowest BCUT2D eigenvalue weighted by atomic mass is 9.68. The Hall–Kier alpha value is -7.77. The summed E-state index contributed by atoms with van der Waals surface area (Å²) in [6.07, 6.45) is -0.0257. The van der Waals surface area contributed by atoms with E-state index in [1.165, 1.54) is 19.2 Å². The van der Waals surface area contributed by atoms with Crippen LogP contribution in [0.1, 0.15) is 77.8 Å². The van der Waals surface area contributed by atoms with Gasteiger partial charge >= 0.3 is 12.1 Å². The zero-order valence-electron chi connectivity index (χ0n) is 38.3. The number of para-hydroxylation sites is 4. The second-order valence-corrected chi connectivity index (χ2v) is 17.0. The maximum atomic E-state index is 14.3. The van der Waals surface area contributed by atoms with E-state index in [1.54, 1.807) is 51.4 Å². The molecule has 4 unspecified atom stereocenters. The van der Waals surface area contributed by atoms with Gasteiger partial charge in [0.1, 0.15) is 16.9 Å². The van der Waals surface area contributed by atoms with Crippen molar-refractivity contribution in [3.63, 3.8) is 0 Å². The summed E-state index contributed by atoms with van der Waals surface area (Å²) >= 11 is 0. The molecule has 1 aliphatic heterocycles. The molecule has 0 saturated carbocycles. The van der Waals surface area contributed by atoms with Gasteiger partial charge in [0, 0.05) is 59.2 Å². The summed E-state index contributed by atoms with van der Waals surface area (Å²) in [5.74, 6) is -1.13. The molecule has 4 atom stereocenters. The van der Waals surface area contributed by atoms with Gasteiger partial charge in [0.2, 0.25) is 5.91 Å². The van der Waals surface area contributed by atoms with Crippen molar-refractivity contribution in [2.24, 2.45) is 10.8 Å². The predicted octanol–water partition coefficient (Wildman–Crippen LogP) is 11.4. The molecule has 5 aromatic carbocycles. The molecule has 8 rings (SSSR count). The number of fused-ring (bicyclic) bond motifs is 2. The van der Waals surface area contributed by atoms with Gasteiger partial charge in [0.05, 0.1) is 50.1 Å². The van der Waals surface area contributed by atoms with E-state index in [0.717, 1.165) is 44.6 Å². The van der Waals surface area contributed by atoms with Crippen LogP contribution in [0.15, 0.2) is 146 Å². The standard InChI is InChI=1S/C33H30F3N3O2.C22H20N2O3/c1-32(21-37,31(40)39-18-15-22(16-19-39)23-8-7-9-24(20-23)33(34,35)36)30(27-11-4-6-13-29(27)41-2)26-14-17-38-28-12-5-3-10-25(26)28;1-22(14-23,21(25)27-3)20(17-9-5-7-11-19(17)26-2)16-12-13-24-18-10-6-4-8-15(16)18/h3-14,17,20,22,30H,15-16,18-19H2,1-2H3;4-13,20H,1-3H3. The first-order chi connectivity index (χ1) is 32.7. The van der Waals surface area contributed by atoms with E-state index in [4.69, 9.17) is 14.2 Å². The third-order valence-electron chi connectivity index (χ3n) is 13.0. The van der Waals surface area contributed by atoms with Gasteiger partial charge in [-0.3, -0.25) is 19.6 Å². The molecule has 68 heavy (non-hydrogen) atoms. The summed E-state index contributed by atoms with van der Waals surface area (Å²) in [7, 11) is 4.43. The number of methoxy groups -OCH3 is 3. The van der Waals surface area contributed by atoms with Gasteiger partial charge in [0.15, 0.2) is 5.41 Å². The van der Waals surface area contributed by atoms with E-state index in [2.05, 4.69) is 22.1 Å². The van der Waals surface area contributed by atoms with Crippen LogP contribution in [0.5, 0.6) is 11.5 Å². The van der Waals surface area contributed by atoms with Crippen LogP contribution in [0.4, 0.5) is 13.2 Å². The topological polar surface area (TPSA) is 138 Å². The first-order valence-corrected chi connectivity index (χ1v) is 22.0. The van der Waals surface area contributed by atoms with Crippen molar-refractivity contribution in [1.29, 1.82) is 10.5 Å². The molecular formula is C55H50F3N5O5. The van der Waals surface area contributed by atoms with E-state index in [-0.39, 0.29) is 11.8 Å². The number of carbonyl (C=O) groups is 2. The van der Waals surface area contributed by atoms with E-state index < -0.39 is 40.4 Å². The molecule has 0 bridgehead atoms. The Morgan fingerprint density at radius 2 is 1.10 bits per heavy atom. The molecule has 0 spiro atoms. The molecule has 0 aliphatic carbocycles. The number of carbonyl (C=O) groups excluding carboxylic acids is 2. The average molecular weight is 918 g/mol. The van der Waals surface area contributed by atoms with Gasteiger partial charge in [0.25, 0.3) is 0 Å². The van der Waals surface area contributed by atoms with Crippen LogP contribution in [0.25, 0.3) is 21.8 Å². The minimum Gasteiger partial charge on any atom is -0.496 e. The summed E-state index contributed by atoms with van der Waals surface area (Å²) in [6.45, 7) is 3.95. The molecule has 0 N–H and O–H groups in total. The minimum absolute atomic E-state index is 0.108. The third-order valence-corrected chi connectivity index (χ3v) is 13.0. The van der Waals surface area contributed by atoms with Gasteiger partial charge in [-0.05, 0) is 91.8 Å². The SMILES string of the molecule is COC(=O)C(C)(C#N)C(c1ccccc1OC)c1ccnc2ccccc12.COc1ccccc1C(c1ccnc2ccccc12)C(C)(C#N)C(=O)N1CCC(c2cccc(C(F)(F)F)c2)CC1. The second kappa shape index (κ2) is 20.4. The zero-order chi connectivity index (χ0) is 48.6. The van der Waals surface area contributed by atoms with Crippen molar-refractivity contribution in [2.45, 2.75) is 50.6 Å². The molecule has 1 saturated heterocycles. The first kappa shape index (κ1) is 48.2. The largest absolute Gasteiger partial charge is 0.496 e. The van der Waals surface area contributed by atoms with Gasteiger partial charge in [-0.2, -0.15) is 23.7 Å². The van der Waals surface area contributed by atoms with Crippen LogP contribution in [0, 0.1) is 33.5 Å². The number of rotatable bonds is 11. The molecule has 0 radical (unpaired) electrons. The molecule has 10 nitrogen and oxygen atoms in total. The van der Waals surface area contributed by atoms with E-state index in [1.807, 2.05) is 109 Å². The highest BCUT2D eigenvalue weighted by Gasteiger charge is 2.49. The zero-order valence-corrected chi connectivity index (χ0v) is 38.3. The van der Waals surface area contributed by atoms with Crippen molar-refractivity contribution >= 4 is 33.7 Å². The summed E-state index contributed by atoms with van der Waals surface area (Å²) < 4.78 is 56.1.